The summed E-state index contributed by atoms with van der Waals surface area (Å²) >= 11 is 5.59. The second-order valence-electron chi connectivity index (χ2n) is 6.45. The van der Waals surface area contributed by atoms with Crippen LogP contribution in [0.15, 0.2) is 18.2 Å². The van der Waals surface area contributed by atoms with Crippen molar-refractivity contribution >= 4 is 29.2 Å². The largest absolute Gasteiger partial charge is 0.417 e. The van der Waals surface area contributed by atoms with Gasteiger partial charge in [0.1, 0.15) is 0 Å². The molecule has 1 fully saturated rings. The lowest BCUT2D eigenvalue weighted by atomic mass is 10.2. The highest BCUT2D eigenvalue weighted by Gasteiger charge is 2.33. The third-order valence-corrected chi connectivity index (χ3v) is 4.99. The summed E-state index contributed by atoms with van der Waals surface area (Å²) in [6.07, 6.45) is -4.60. The van der Waals surface area contributed by atoms with E-state index < -0.39 is 22.8 Å². The van der Waals surface area contributed by atoms with Gasteiger partial charge in [-0.3, -0.25) is 9.69 Å². The zero-order valence-corrected chi connectivity index (χ0v) is 16.6. The van der Waals surface area contributed by atoms with Gasteiger partial charge in [0, 0.05) is 45.0 Å². The summed E-state index contributed by atoms with van der Waals surface area (Å²) in [4.78, 5) is 29.7. The number of hydrogen-bond acceptors (Lipinski definition) is 3. The quantitative estimate of drug-likeness (QED) is 0.794. The summed E-state index contributed by atoms with van der Waals surface area (Å²) in [6, 6.07) is 2.77. The first-order chi connectivity index (χ1) is 13.2. The third kappa shape index (κ3) is 5.75. The summed E-state index contributed by atoms with van der Waals surface area (Å²) in [7, 11) is 0. The maximum atomic E-state index is 12.9. The second-order valence-corrected chi connectivity index (χ2v) is 6.86. The fourth-order valence-corrected chi connectivity index (χ4v) is 3.22. The van der Waals surface area contributed by atoms with Crippen molar-refractivity contribution in [2.75, 3.05) is 51.1 Å². The molecule has 0 aromatic heterocycles. The molecule has 1 N–H and O–H groups in total. The first-order valence-corrected chi connectivity index (χ1v) is 9.46. The van der Waals surface area contributed by atoms with Gasteiger partial charge in [-0.25, -0.2) is 4.79 Å². The number of amides is 3. The van der Waals surface area contributed by atoms with Gasteiger partial charge in [-0.15, -0.1) is 0 Å². The lowest BCUT2D eigenvalue weighted by Crippen LogP contribution is -2.52. The Morgan fingerprint density at radius 3 is 2.29 bits per heavy atom. The summed E-state index contributed by atoms with van der Waals surface area (Å²) in [5.41, 5.74) is -0.965. The maximum Gasteiger partial charge on any atom is 0.417 e. The first kappa shape index (κ1) is 22.3. The molecule has 1 heterocycles. The highest BCUT2D eigenvalue weighted by molar-refractivity contribution is 6.31. The van der Waals surface area contributed by atoms with Gasteiger partial charge in [0.25, 0.3) is 0 Å². The van der Waals surface area contributed by atoms with Crippen LogP contribution in [-0.2, 0) is 11.0 Å². The van der Waals surface area contributed by atoms with Crippen LogP contribution in [-0.4, -0.2) is 72.5 Å². The van der Waals surface area contributed by atoms with Crippen LogP contribution in [0.5, 0.6) is 0 Å². The molecule has 0 spiro atoms. The number of piperazine rings is 1. The van der Waals surface area contributed by atoms with E-state index in [4.69, 9.17) is 11.6 Å². The fraction of sp³-hybridized carbons (Fsp3) is 0.556. The Labute approximate surface area is 167 Å². The number of hydrogen-bond donors (Lipinski definition) is 1. The number of likely N-dealkylation sites (N-methyl/N-ethyl adjacent to an activating group) is 1. The van der Waals surface area contributed by atoms with Gasteiger partial charge in [-0.1, -0.05) is 11.6 Å². The number of nitrogens with one attached hydrogen (secondary N) is 1. The molecule has 0 radical (unpaired) electrons. The van der Waals surface area contributed by atoms with Gasteiger partial charge in [0.2, 0.25) is 5.91 Å². The number of carbonyl (C=O) groups is 2. The predicted octanol–water partition coefficient (Wildman–Crippen LogP) is 3.38. The number of anilines is 1. The van der Waals surface area contributed by atoms with Crippen molar-refractivity contribution in [3.8, 4) is 0 Å². The van der Waals surface area contributed by atoms with Crippen LogP contribution in [0.3, 0.4) is 0 Å². The molecule has 0 bridgehead atoms. The normalized spacial score (nSPS) is 15.4. The molecular formula is C18H24ClF3N4O2. The maximum absolute atomic E-state index is 12.9. The molecule has 0 saturated carbocycles. The van der Waals surface area contributed by atoms with Crippen molar-refractivity contribution in [1.82, 2.24) is 14.7 Å². The lowest BCUT2D eigenvalue weighted by molar-refractivity contribution is -0.137. The minimum absolute atomic E-state index is 0.0286. The van der Waals surface area contributed by atoms with Crippen molar-refractivity contribution in [2.45, 2.75) is 20.0 Å². The van der Waals surface area contributed by atoms with Gasteiger partial charge in [0.15, 0.2) is 0 Å². The van der Waals surface area contributed by atoms with Crippen molar-refractivity contribution in [3.05, 3.63) is 28.8 Å². The summed E-state index contributed by atoms with van der Waals surface area (Å²) in [5.74, 6) is 0.0451. The third-order valence-electron chi connectivity index (χ3n) is 4.66. The molecule has 0 aliphatic carbocycles. The molecule has 1 saturated heterocycles. The number of urea groups is 1. The Kier molecular flexibility index (Phi) is 7.54. The molecule has 1 aliphatic rings. The number of rotatable bonds is 5. The van der Waals surface area contributed by atoms with Crippen LogP contribution in [0.2, 0.25) is 5.02 Å². The summed E-state index contributed by atoms with van der Waals surface area (Å²) < 4.78 is 38.8. The molecule has 0 unspecified atom stereocenters. The zero-order chi connectivity index (χ0) is 20.9. The van der Waals surface area contributed by atoms with Gasteiger partial charge in [-0.05, 0) is 32.0 Å². The molecule has 1 aliphatic heterocycles. The highest BCUT2D eigenvalue weighted by Crippen LogP contribution is 2.36. The SMILES string of the molecule is CCN(CC)C(=O)CN1CCN(C(=O)Nc2ccc(Cl)c(C(F)(F)F)c2)CC1. The fourth-order valence-electron chi connectivity index (χ4n) is 3.00. The van der Waals surface area contributed by atoms with Crippen LogP contribution in [0, 0.1) is 0 Å². The van der Waals surface area contributed by atoms with Gasteiger partial charge in [0.05, 0.1) is 17.1 Å². The number of alkyl halides is 3. The van der Waals surface area contributed by atoms with Crippen molar-refractivity contribution in [2.24, 2.45) is 0 Å². The van der Waals surface area contributed by atoms with E-state index >= 15 is 0 Å². The van der Waals surface area contributed by atoms with E-state index in [0.29, 0.717) is 45.8 Å². The second kappa shape index (κ2) is 9.47. The van der Waals surface area contributed by atoms with E-state index in [1.54, 1.807) is 4.90 Å². The van der Waals surface area contributed by atoms with E-state index in [2.05, 4.69) is 5.32 Å². The standard InChI is InChI=1S/C18H24ClF3N4O2/c1-3-25(4-2)16(27)12-24-7-9-26(10-8-24)17(28)23-13-5-6-15(19)14(11-13)18(20,21)22/h5-6,11H,3-4,7-10,12H2,1-2H3,(H,23,28). The molecule has 156 valence electrons. The molecule has 10 heteroatoms. The smallest absolute Gasteiger partial charge is 0.342 e. The zero-order valence-electron chi connectivity index (χ0n) is 15.9. The van der Waals surface area contributed by atoms with Crippen molar-refractivity contribution < 1.29 is 22.8 Å². The number of carbonyl (C=O) groups excluding carboxylic acids is 2. The molecule has 28 heavy (non-hydrogen) atoms. The van der Waals surface area contributed by atoms with Crippen LogP contribution < -0.4 is 5.32 Å². The molecule has 1 aromatic carbocycles. The summed E-state index contributed by atoms with van der Waals surface area (Å²) in [6.45, 7) is 7.26. The molecular weight excluding hydrogens is 397 g/mol. The number of nitrogens with zero attached hydrogens (tertiary/aromatic N) is 3. The average Bonchev–Trinajstić information content (AvgIpc) is 2.64. The monoisotopic (exact) mass is 420 g/mol. The minimum Gasteiger partial charge on any atom is -0.342 e. The molecule has 6 nitrogen and oxygen atoms in total. The van der Waals surface area contributed by atoms with Gasteiger partial charge in [-0.2, -0.15) is 13.2 Å². The Morgan fingerprint density at radius 1 is 1.14 bits per heavy atom. The van der Waals surface area contributed by atoms with Gasteiger partial charge < -0.3 is 15.1 Å². The average molecular weight is 421 g/mol. The van der Waals surface area contributed by atoms with Crippen LogP contribution in [0.4, 0.5) is 23.7 Å². The Hall–Kier alpha value is -2.00. The van der Waals surface area contributed by atoms with E-state index in [1.807, 2.05) is 18.7 Å². The van der Waals surface area contributed by atoms with E-state index in [1.165, 1.54) is 11.0 Å². The lowest BCUT2D eigenvalue weighted by Gasteiger charge is -2.35. The predicted molar refractivity (Wildman–Crippen MR) is 101 cm³/mol. The van der Waals surface area contributed by atoms with Crippen LogP contribution >= 0.6 is 11.6 Å². The van der Waals surface area contributed by atoms with E-state index in [9.17, 15) is 22.8 Å². The Bertz CT molecular complexity index is 703. The van der Waals surface area contributed by atoms with Gasteiger partial charge >= 0.3 is 12.2 Å². The summed E-state index contributed by atoms with van der Waals surface area (Å²) in [5, 5.41) is 2.06. The van der Waals surface area contributed by atoms with E-state index in [-0.39, 0.29) is 11.6 Å². The molecule has 1 aromatic rings. The highest BCUT2D eigenvalue weighted by atomic mass is 35.5. The first-order valence-electron chi connectivity index (χ1n) is 9.08. The number of halogens is 4. The number of benzene rings is 1. The van der Waals surface area contributed by atoms with E-state index in [0.717, 1.165) is 12.1 Å². The molecule has 0 atom stereocenters. The topological polar surface area (TPSA) is 55.9 Å². The Balaban J connectivity index is 1.90. The van der Waals surface area contributed by atoms with Crippen molar-refractivity contribution in [1.29, 1.82) is 0 Å². The van der Waals surface area contributed by atoms with Crippen LogP contribution in [0.25, 0.3) is 0 Å². The van der Waals surface area contributed by atoms with Crippen molar-refractivity contribution in [3.63, 3.8) is 0 Å². The Morgan fingerprint density at radius 2 is 1.75 bits per heavy atom. The minimum atomic E-state index is -4.60. The molecule has 3 amide bonds. The molecule has 2 rings (SSSR count). The van der Waals surface area contributed by atoms with Crippen LogP contribution in [0.1, 0.15) is 19.4 Å².